The summed E-state index contributed by atoms with van der Waals surface area (Å²) in [6, 6.07) is 3.61. The highest BCUT2D eigenvalue weighted by Crippen LogP contribution is 2.13. The number of pyridine rings is 1. The van der Waals surface area contributed by atoms with Crippen molar-refractivity contribution in [3.05, 3.63) is 28.5 Å². The quantitative estimate of drug-likeness (QED) is 0.877. The van der Waals surface area contributed by atoms with Gasteiger partial charge in [0.2, 0.25) is 0 Å². The average Bonchev–Trinajstić information content (AvgIpc) is 2.30. The SMILES string of the molecule is CCCC(COC)NC(=O)c1ncccc1Br. The molecule has 17 heavy (non-hydrogen) atoms. The van der Waals surface area contributed by atoms with Gasteiger partial charge in [-0.3, -0.25) is 4.79 Å². The van der Waals surface area contributed by atoms with Crippen molar-refractivity contribution in [3.63, 3.8) is 0 Å². The molecule has 1 N–H and O–H groups in total. The van der Waals surface area contributed by atoms with Gasteiger partial charge in [-0.1, -0.05) is 13.3 Å². The lowest BCUT2D eigenvalue weighted by molar-refractivity contribution is 0.0886. The van der Waals surface area contributed by atoms with Gasteiger partial charge in [0.15, 0.2) is 0 Å². The number of nitrogens with one attached hydrogen (secondary N) is 1. The van der Waals surface area contributed by atoms with Crippen molar-refractivity contribution in [3.8, 4) is 0 Å². The van der Waals surface area contributed by atoms with Crippen molar-refractivity contribution in [2.45, 2.75) is 25.8 Å². The predicted molar refractivity (Wildman–Crippen MR) is 70.0 cm³/mol. The van der Waals surface area contributed by atoms with Crippen molar-refractivity contribution >= 4 is 21.8 Å². The Balaban J connectivity index is 2.67. The van der Waals surface area contributed by atoms with E-state index in [-0.39, 0.29) is 11.9 Å². The Labute approximate surface area is 110 Å². The molecule has 94 valence electrons. The molecular weight excluding hydrogens is 284 g/mol. The number of nitrogens with zero attached hydrogens (tertiary/aromatic N) is 1. The number of hydrogen-bond acceptors (Lipinski definition) is 3. The summed E-state index contributed by atoms with van der Waals surface area (Å²) in [6.07, 6.45) is 3.49. The number of rotatable bonds is 6. The van der Waals surface area contributed by atoms with Gasteiger partial charge < -0.3 is 10.1 Å². The molecule has 1 aromatic heterocycles. The molecule has 5 heteroatoms. The lowest BCUT2D eigenvalue weighted by Crippen LogP contribution is -2.38. The first kappa shape index (κ1) is 14.1. The summed E-state index contributed by atoms with van der Waals surface area (Å²) in [5, 5.41) is 2.92. The van der Waals surface area contributed by atoms with E-state index >= 15 is 0 Å². The zero-order chi connectivity index (χ0) is 12.7. The summed E-state index contributed by atoms with van der Waals surface area (Å²) in [5.41, 5.74) is 0.407. The van der Waals surface area contributed by atoms with Crippen LogP contribution in [0, 0.1) is 0 Å². The average molecular weight is 301 g/mol. The Hall–Kier alpha value is -0.940. The molecule has 1 rings (SSSR count). The van der Waals surface area contributed by atoms with Crippen molar-refractivity contribution < 1.29 is 9.53 Å². The number of halogens is 1. The van der Waals surface area contributed by atoms with Crippen LogP contribution in [0.3, 0.4) is 0 Å². The zero-order valence-corrected chi connectivity index (χ0v) is 11.7. The highest BCUT2D eigenvalue weighted by atomic mass is 79.9. The maximum absolute atomic E-state index is 12.0. The first-order valence-corrected chi connectivity index (χ1v) is 6.38. The molecule has 0 saturated carbocycles. The molecule has 0 aliphatic heterocycles. The third-order valence-electron chi connectivity index (χ3n) is 2.31. The van der Waals surface area contributed by atoms with E-state index in [2.05, 4.69) is 33.2 Å². The van der Waals surface area contributed by atoms with E-state index in [0.29, 0.717) is 16.8 Å². The van der Waals surface area contributed by atoms with Gasteiger partial charge >= 0.3 is 0 Å². The van der Waals surface area contributed by atoms with Crippen molar-refractivity contribution in [2.24, 2.45) is 0 Å². The monoisotopic (exact) mass is 300 g/mol. The number of ether oxygens (including phenoxy) is 1. The molecule has 1 atom stereocenters. The van der Waals surface area contributed by atoms with E-state index in [0.717, 1.165) is 12.8 Å². The van der Waals surface area contributed by atoms with Gasteiger partial charge in [0.05, 0.1) is 12.6 Å². The number of carbonyl (C=O) groups is 1. The highest BCUT2D eigenvalue weighted by molar-refractivity contribution is 9.10. The van der Waals surface area contributed by atoms with E-state index in [1.807, 2.05) is 0 Å². The summed E-state index contributed by atoms with van der Waals surface area (Å²) >= 11 is 3.31. The Morgan fingerprint density at radius 2 is 2.41 bits per heavy atom. The predicted octanol–water partition coefficient (Wildman–Crippen LogP) is 2.39. The van der Waals surface area contributed by atoms with Gasteiger partial charge in [0.25, 0.3) is 5.91 Å². The van der Waals surface area contributed by atoms with Crippen LogP contribution in [0.4, 0.5) is 0 Å². The molecule has 0 aliphatic rings. The van der Waals surface area contributed by atoms with Gasteiger partial charge in [-0.05, 0) is 34.5 Å². The first-order chi connectivity index (χ1) is 8.19. The van der Waals surface area contributed by atoms with Crippen LogP contribution in [0.25, 0.3) is 0 Å². The van der Waals surface area contributed by atoms with E-state index in [1.165, 1.54) is 0 Å². The number of amides is 1. The maximum Gasteiger partial charge on any atom is 0.271 e. The lowest BCUT2D eigenvalue weighted by atomic mass is 10.1. The standard InChI is InChI=1S/C12H17BrN2O2/c1-3-5-9(8-17-2)15-12(16)11-10(13)6-4-7-14-11/h4,6-7,9H,3,5,8H2,1-2H3,(H,15,16). The minimum atomic E-state index is -0.173. The molecule has 1 heterocycles. The Bertz CT molecular complexity index is 365. The third kappa shape index (κ3) is 4.44. The van der Waals surface area contributed by atoms with Gasteiger partial charge in [0, 0.05) is 17.8 Å². The van der Waals surface area contributed by atoms with Crippen molar-refractivity contribution in [1.29, 1.82) is 0 Å². The van der Waals surface area contributed by atoms with Crippen LogP contribution in [0.2, 0.25) is 0 Å². The van der Waals surface area contributed by atoms with Crippen LogP contribution in [0.15, 0.2) is 22.8 Å². The number of carbonyl (C=O) groups excluding carboxylic acids is 1. The molecule has 0 fully saturated rings. The van der Waals surface area contributed by atoms with Crippen LogP contribution in [-0.4, -0.2) is 30.6 Å². The molecular formula is C12H17BrN2O2. The van der Waals surface area contributed by atoms with Gasteiger partial charge in [-0.25, -0.2) is 4.98 Å². The molecule has 1 unspecified atom stereocenters. The molecule has 0 aliphatic carbocycles. The topological polar surface area (TPSA) is 51.2 Å². The minimum absolute atomic E-state index is 0.0337. The van der Waals surface area contributed by atoms with Crippen LogP contribution >= 0.6 is 15.9 Å². The van der Waals surface area contributed by atoms with Crippen molar-refractivity contribution in [2.75, 3.05) is 13.7 Å². The molecule has 1 amide bonds. The second kappa shape index (κ2) is 7.40. The van der Waals surface area contributed by atoms with E-state index < -0.39 is 0 Å². The van der Waals surface area contributed by atoms with Crippen LogP contribution in [-0.2, 0) is 4.74 Å². The molecule has 0 bridgehead atoms. The summed E-state index contributed by atoms with van der Waals surface area (Å²) in [6.45, 7) is 2.59. The summed E-state index contributed by atoms with van der Waals surface area (Å²) in [5.74, 6) is -0.173. The van der Waals surface area contributed by atoms with E-state index in [1.54, 1.807) is 25.4 Å². The van der Waals surface area contributed by atoms with Gasteiger partial charge in [-0.2, -0.15) is 0 Å². The van der Waals surface area contributed by atoms with E-state index in [9.17, 15) is 4.79 Å². The van der Waals surface area contributed by atoms with Crippen molar-refractivity contribution in [1.82, 2.24) is 10.3 Å². The summed E-state index contributed by atoms with van der Waals surface area (Å²) in [7, 11) is 1.63. The molecule has 0 radical (unpaired) electrons. The van der Waals surface area contributed by atoms with Crippen LogP contribution in [0.1, 0.15) is 30.3 Å². The lowest BCUT2D eigenvalue weighted by Gasteiger charge is -2.17. The number of aromatic nitrogens is 1. The summed E-state index contributed by atoms with van der Waals surface area (Å²) < 4.78 is 5.78. The first-order valence-electron chi connectivity index (χ1n) is 5.59. The second-order valence-corrected chi connectivity index (χ2v) is 4.60. The fourth-order valence-corrected chi connectivity index (χ4v) is 1.99. The molecule has 0 aromatic carbocycles. The zero-order valence-electron chi connectivity index (χ0n) is 10.1. The second-order valence-electron chi connectivity index (χ2n) is 3.75. The largest absolute Gasteiger partial charge is 0.383 e. The minimum Gasteiger partial charge on any atom is -0.383 e. The Morgan fingerprint density at radius 3 is 3.00 bits per heavy atom. The molecule has 0 spiro atoms. The number of hydrogen-bond donors (Lipinski definition) is 1. The van der Waals surface area contributed by atoms with Crippen LogP contribution < -0.4 is 5.32 Å². The molecule has 1 aromatic rings. The molecule has 4 nitrogen and oxygen atoms in total. The third-order valence-corrected chi connectivity index (χ3v) is 2.95. The fourth-order valence-electron chi connectivity index (χ4n) is 1.55. The fraction of sp³-hybridized carbons (Fsp3) is 0.500. The van der Waals surface area contributed by atoms with E-state index in [4.69, 9.17) is 4.74 Å². The van der Waals surface area contributed by atoms with Gasteiger partial charge in [0.1, 0.15) is 5.69 Å². The maximum atomic E-state index is 12.0. The van der Waals surface area contributed by atoms with Crippen LogP contribution in [0.5, 0.6) is 0 Å². The number of methoxy groups -OCH3 is 1. The Morgan fingerprint density at radius 1 is 1.65 bits per heavy atom. The Kier molecular flexibility index (Phi) is 6.15. The normalized spacial score (nSPS) is 12.2. The highest BCUT2D eigenvalue weighted by Gasteiger charge is 2.15. The summed E-state index contributed by atoms with van der Waals surface area (Å²) in [4.78, 5) is 16.0. The molecule has 0 saturated heterocycles. The van der Waals surface area contributed by atoms with Gasteiger partial charge in [-0.15, -0.1) is 0 Å². The smallest absolute Gasteiger partial charge is 0.271 e.